The molecule has 0 fully saturated rings. The van der Waals surface area contributed by atoms with Gasteiger partial charge in [0.1, 0.15) is 11.4 Å². The molecule has 4 N–H and O–H groups in total. The van der Waals surface area contributed by atoms with Crippen LogP contribution in [-0.2, 0) is 0 Å². The minimum Gasteiger partial charge on any atom is -0.494 e. The first-order valence-corrected chi connectivity index (χ1v) is 6.90. The maximum absolute atomic E-state index is 12.0. The molecule has 0 atom stereocenters. The Bertz CT molecular complexity index is 911. The van der Waals surface area contributed by atoms with Gasteiger partial charge in [-0.25, -0.2) is 0 Å². The fraction of sp³-hybridized carbons (Fsp3) is 0.0625. The van der Waals surface area contributed by atoms with Crippen molar-refractivity contribution in [3.8, 4) is 17.0 Å². The highest BCUT2D eigenvalue weighted by Crippen LogP contribution is 2.30. The number of aromatic amines is 2. The van der Waals surface area contributed by atoms with Gasteiger partial charge in [0.25, 0.3) is 5.56 Å². The number of rotatable bonds is 4. The summed E-state index contributed by atoms with van der Waals surface area (Å²) in [6.45, 7) is 0. The van der Waals surface area contributed by atoms with Crippen LogP contribution in [0.1, 0.15) is 0 Å². The minimum atomic E-state index is -0.360. The van der Waals surface area contributed by atoms with E-state index in [1.807, 2.05) is 18.2 Å². The van der Waals surface area contributed by atoms with Crippen LogP contribution in [0.25, 0.3) is 11.3 Å². The maximum Gasteiger partial charge on any atom is 0.292 e. The molecule has 1 heterocycles. The SMILES string of the molecule is COc1ccccc1N=Nc1c(-c2cccc(N)c2)[nH][nH]c1=O. The summed E-state index contributed by atoms with van der Waals surface area (Å²) in [6.07, 6.45) is 0. The summed E-state index contributed by atoms with van der Waals surface area (Å²) in [6, 6.07) is 14.3. The van der Waals surface area contributed by atoms with Crippen LogP contribution in [0, 0.1) is 0 Å². The van der Waals surface area contributed by atoms with Gasteiger partial charge >= 0.3 is 0 Å². The molecule has 0 radical (unpaired) electrons. The number of nitrogens with two attached hydrogens (primary N) is 1. The van der Waals surface area contributed by atoms with E-state index in [-0.39, 0.29) is 11.2 Å². The fourth-order valence-electron chi connectivity index (χ4n) is 2.17. The standard InChI is InChI=1S/C16H15N5O2/c1-23-13-8-3-2-7-12(13)18-20-15-14(19-21-16(15)22)10-5-4-6-11(17)9-10/h2-9H,17H2,1H3,(H2,19,21,22). The number of nitrogen functional groups attached to an aromatic ring is 1. The van der Waals surface area contributed by atoms with Crippen molar-refractivity contribution in [1.29, 1.82) is 0 Å². The van der Waals surface area contributed by atoms with Gasteiger partial charge in [0.05, 0.1) is 12.8 Å². The van der Waals surface area contributed by atoms with Gasteiger partial charge in [-0.2, -0.15) is 0 Å². The summed E-state index contributed by atoms with van der Waals surface area (Å²) in [5.74, 6) is 0.578. The van der Waals surface area contributed by atoms with Crippen LogP contribution in [0.15, 0.2) is 63.6 Å². The molecule has 2 aromatic carbocycles. The van der Waals surface area contributed by atoms with Crippen molar-refractivity contribution in [2.45, 2.75) is 0 Å². The molecule has 116 valence electrons. The first-order valence-electron chi connectivity index (χ1n) is 6.90. The second-order valence-electron chi connectivity index (χ2n) is 4.80. The zero-order chi connectivity index (χ0) is 16.2. The quantitative estimate of drug-likeness (QED) is 0.507. The summed E-state index contributed by atoms with van der Waals surface area (Å²) >= 11 is 0. The third-order valence-electron chi connectivity index (χ3n) is 3.27. The summed E-state index contributed by atoms with van der Waals surface area (Å²) in [7, 11) is 1.55. The Hall–Kier alpha value is -3.35. The monoisotopic (exact) mass is 309 g/mol. The highest BCUT2D eigenvalue weighted by atomic mass is 16.5. The zero-order valence-corrected chi connectivity index (χ0v) is 12.4. The van der Waals surface area contributed by atoms with Crippen molar-refractivity contribution in [1.82, 2.24) is 10.2 Å². The van der Waals surface area contributed by atoms with E-state index in [0.29, 0.717) is 22.8 Å². The highest BCUT2D eigenvalue weighted by Gasteiger charge is 2.12. The molecular formula is C16H15N5O2. The van der Waals surface area contributed by atoms with E-state index >= 15 is 0 Å². The number of hydrogen-bond acceptors (Lipinski definition) is 5. The average molecular weight is 309 g/mol. The lowest BCUT2D eigenvalue weighted by Gasteiger charge is -2.02. The number of nitrogens with one attached hydrogen (secondary N) is 2. The number of hydrogen-bond donors (Lipinski definition) is 3. The molecule has 0 amide bonds. The first kappa shape index (κ1) is 14.6. The molecule has 0 saturated carbocycles. The van der Waals surface area contributed by atoms with Crippen LogP contribution in [0.4, 0.5) is 17.1 Å². The van der Waals surface area contributed by atoms with E-state index in [9.17, 15) is 4.79 Å². The molecule has 0 aliphatic rings. The second kappa shape index (κ2) is 6.18. The Labute approximate surface area is 131 Å². The predicted molar refractivity (Wildman–Crippen MR) is 88.4 cm³/mol. The van der Waals surface area contributed by atoms with Gasteiger partial charge in [-0.05, 0) is 24.3 Å². The molecule has 0 aliphatic carbocycles. The van der Waals surface area contributed by atoms with E-state index in [4.69, 9.17) is 10.5 Å². The van der Waals surface area contributed by atoms with E-state index in [0.717, 1.165) is 5.56 Å². The molecule has 0 unspecified atom stereocenters. The molecule has 7 heteroatoms. The minimum absolute atomic E-state index is 0.182. The van der Waals surface area contributed by atoms with Gasteiger partial charge in [-0.3, -0.25) is 15.0 Å². The lowest BCUT2D eigenvalue weighted by atomic mass is 10.1. The van der Waals surface area contributed by atoms with E-state index < -0.39 is 0 Å². The van der Waals surface area contributed by atoms with E-state index in [1.165, 1.54) is 0 Å². The third-order valence-corrected chi connectivity index (χ3v) is 3.27. The Morgan fingerprint density at radius 3 is 2.65 bits per heavy atom. The molecule has 3 rings (SSSR count). The molecule has 23 heavy (non-hydrogen) atoms. The number of anilines is 1. The molecule has 0 aliphatic heterocycles. The average Bonchev–Trinajstić information content (AvgIpc) is 2.94. The largest absolute Gasteiger partial charge is 0.494 e. The normalized spacial score (nSPS) is 11.0. The Balaban J connectivity index is 2.03. The van der Waals surface area contributed by atoms with Crippen LogP contribution >= 0.6 is 0 Å². The number of ether oxygens (including phenoxy) is 1. The summed E-state index contributed by atoms with van der Waals surface area (Å²) in [4.78, 5) is 12.0. The van der Waals surface area contributed by atoms with Crippen LogP contribution in [-0.4, -0.2) is 17.3 Å². The van der Waals surface area contributed by atoms with Crippen LogP contribution in [0.3, 0.4) is 0 Å². The van der Waals surface area contributed by atoms with Gasteiger partial charge in [0, 0.05) is 11.3 Å². The van der Waals surface area contributed by atoms with Crippen LogP contribution in [0.2, 0.25) is 0 Å². The van der Waals surface area contributed by atoms with Gasteiger partial charge in [-0.1, -0.05) is 24.3 Å². The lowest BCUT2D eigenvalue weighted by molar-refractivity contribution is 0.416. The van der Waals surface area contributed by atoms with Crippen LogP contribution < -0.4 is 16.0 Å². The third kappa shape index (κ3) is 2.98. The van der Waals surface area contributed by atoms with E-state index in [1.54, 1.807) is 37.4 Å². The Morgan fingerprint density at radius 1 is 1.04 bits per heavy atom. The van der Waals surface area contributed by atoms with Gasteiger partial charge in [0.15, 0.2) is 5.69 Å². The van der Waals surface area contributed by atoms with Gasteiger partial charge < -0.3 is 10.5 Å². The summed E-state index contributed by atoms with van der Waals surface area (Å²) < 4.78 is 5.21. The number of H-pyrrole nitrogens is 2. The van der Waals surface area contributed by atoms with Crippen molar-refractivity contribution in [3.05, 3.63) is 58.9 Å². The predicted octanol–water partition coefficient (Wildman–Crippen LogP) is 3.38. The van der Waals surface area contributed by atoms with Crippen molar-refractivity contribution >= 4 is 17.1 Å². The number of para-hydroxylation sites is 1. The number of nitrogens with zero attached hydrogens (tertiary/aromatic N) is 2. The molecule has 0 bridgehead atoms. The molecule has 0 saturated heterocycles. The smallest absolute Gasteiger partial charge is 0.292 e. The summed E-state index contributed by atoms with van der Waals surface area (Å²) in [5.41, 5.74) is 8.01. The molecule has 7 nitrogen and oxygen atoms in total. The number of benzene rings is 2. The topological polar surface area (TPSA) is 109 Å². The number of azo groups is 1. The van der Waals surface area contributed by atoms with E-state index in [2.05, 4.69) is 20.4 Å². The van der Waals surface area contributed by atoms with Crippen molar-refractivity contribution in [3.63, 3.8) is 0 Å². The lowest BCUT2D eigenvalue weighted by Crippen LogP contribution is -1.96. The second-order valence-corrected chi connectivity index (χ2v) is 4.80. The van der Waals surface area contributed by atoms with Crippen LogP contribution in [0.5, 0.6) is 5.75 Å². The molecule has 0 spiro atoms. The fourth-order valence-corrected chi connectivity index (χ4v) is 2.17. The molecule has 1 aromatic heterocycles. The van der Waals surface area contributed by atoms with Gasteiger partial charge in [-0.15, -0.1) is 10.2 Å². The maximum atomic E-state index is 12.0. The number of aromatic nitrogens is 2. The molecule has 3 aromatic rings. The Morgan fingerprint density at radius 2 is 1.87 bits per heavy atom. The van der Waals surface area contributed by atoms with Crippen molar-refractivity contribution in [2.24, 2.45) is 10.2 Å². The molecular weight excluding hydrogens is 294 g/mol. The first-order chi connectivity index (χ1) is 11.2. The zero-order valence-electron chi connectivity index (χ0n) is 12.4. The summed E-state index contributed by atoms with van der Waals surface area (Å²) in [5, 5.41) is 13.5. The Kier molecular flexibility index (Phi) is 3.92. The van der Waals surface area contributed by atoms with Gasteiger partial charge in [0.2, 0.25) is 0 Å². The van der Waals surface area contributed by atoms with Crippen molar-refractivity contribution in [2.75, 3.05) is 12.8 Å². The highest BCUT2D eigenvalue weighted by molar-refractivity contribution is 5.73. The number of methoxy groups -OCH3 is 1. The van der Waals surface area contributed by atoms with Crippen molar-refractivity contribution < 1.29 is 4.74 Å².